The van der Waals surface area contributed by atoms with Crippen LogP contribution in [0.2, 0.25) is 5.02 Å². The Bertz CT molecular complexity index is 530. The second-order valence-electron chi connectivity index (χ2n) is 4.23. The fraction of sp³-hybridized carbons (Fsp3) is 0.385. The minimum atomic E-state index is 0.198. The molecule has 0 radical (unpaired) electrons. The molecule has 0 aliphatic heterocycles. The van der Waals surface area contributed by atoms with E-state index in [1.165, 1.54) is 5.56 Å². The second kappa shape index (κ2) is 4.11. The summed E-state index contributed by atoms with van der Waals surface area (Å²) in [5.41, 5.74) is 3.12. The molecule has 0 saturated carbocycles. The van der Waals surface area contributed by atoms with Crippen LogP contribution in [0.15, 0.2) is 16.5 Å². The molecule has 3 heteroatoms. The maximum Gasteiger partial charge on any atom is 0.153 e. The first-order chi connectivity index (χ1) is 7.54. The Morgan fingerprint density at radius 1 is 1.31 bits per heavy atom. The van der Waals surface area contributed by atoms with Crippen LogP contribution < -0.4 is 5.32 Å². The fourth-order valence-corrected chi connectivity index (χ4v) is 2.29. The van der Waals surface area contributed by atoms with E-state index in [9.17, 15) is 0 Å². The number of hydrogen-bond donors (Lipinski definition) is 1. The first-order valence-corrected chi connectivity index (χ1v) is 5.78. The molecule has 0 fully saturated rings. The highest BCUT2D eigenvalue weighted by Gasteiger charge is 2.17. The molecule has 2 aromatic rings. The van der Waals surface area contributed by atoms with Crippen molar-refractivity contribution in [2.45, 2.75) is 26.8 Å². The molecule has 0 saturated heterocycles. The lowest BCUT2D eigenvalue weighted by atomic mass is 10.1. The van der Waals surface area contributed by atoms with Crippen molar-refractivity contribution in [1.29, 1.82) is 0 Å². The van der Waals surface area contributed by atoms with E-state index in [1.54, 1.807) is 0 Å². The highest BCUT2D eigenvalue weighted by molar-refractivity contribution is 6.35. The van der Waals surface area contributed by atoms with Crippen molar-refractivity contribution in [2.75, 3.05) is 7.05 Å². The summed E-state index contributed by atoms with van der Waals surface area (Å²) < 4.78 is 5.84. The van der Waals surface area contributed by atoms with Gasteiger partial charge in [-0.3, -0.25) is 0 Å². The molecule has 1 unspecified atom stereocenters. The average Bonchev–Trinajstić information content (AvgIpc) is 2.56. The van der Waals surface area contributed by atoms with Crippen LogP contribution in [0.1, 0.15) is 29.9 Å². The molecule has 0 spiro atoms. The third kappa shape index (κ3) is 1.72. The smallest absolute Gasteiger partial charge is 0.153 e. The van der Waals surface area contributed by atoms with Gasteiger partial charge in [-0.05, 0) is 45.5 Å². The van der Waals surface area contributed by atoms with Gasteiger partial charge in [-0.15, -0.1) is 0 Å². The van der Waals surface area contributed by atoms with Crippen LogP contribution in [0.5, 0.6) is 0 Å². The van der Waals surface area contributed by atoms with Crippen molar-refractivity contribution in [1.82, 2.24) is 5.32 Å². The standard InChI is InChI=1S/C13H16ClNO/c1-7-5-10-8(2)12(9(3)15-4)16-13(10)11(14)6-7/h5-6,9,15H,1-4H3. The molecule has 1 heterocycles. The number of benzene rings is 1. The second-order valence-corrected chi connectivity index (χ2v) is 4.63. The lowest BCUT2D eigenvalue weighted by Crippen LogP contribution is -2.12. The minimum absolute atomic E-state index is 0.198. The molecule has 1 aromatic heterocycles. The van der Waals surface area contributed by atoms with Crippen LogP contribution in [0.4, 0.5) is 0 Å². The maximum atomic E-state index is 6.18. The summed E-state index contributed by atoms with van der Waals surface area (Å²) in [5.74, 6) is 0.963. The zero-order valence-electron chi connectivity index (χ0n) is 10.0. The van der Waals surface area contributed by atoms with Gasteiger partial charge in [0.05, 0.1) is 11.1 Å². The molecule has 0 aliphatic rings. The van der Waals surface area contributed by atoms with Crippen molar-refractivity contribution in [3.63, 3.8) is 0 Å². The van der Waals surface area contributed by atoms with Crippen LogP contribution in [0.25, 0.3) is 11.0 Å². The molecule has 1 N–H and O–H groups in total. The summed E-state index contributed by atoms with van der Waals surface area (Å²) in [7, 11) is 1.92. The lowest BCUT2D eigenvalue weighted by molar-refractivity contribution is 0.471. The van der Waals surface area contributed by atoms with E-state index >= 15 is 0 Å². The van der Waals surface area contributed by atoms with Crippen molar-refractivity contribution in [2.24, 2.45) is 0 Å². The molecular formula is C13H16ClNO. The highest BCUT2D eigenvalue weighted by atomic mass is 35.5. The summed E-state index contributed by atoms with van der Waals surface area (Å²) in [6.07, 6.45) is 0. The number of rotatable bonds is 2. The molecule has 2 rings (SSSR count). The van der Waals surface area contributed by atoms with E-state index in [2.05, 4.69) is 25.2 Å². The van der Waals surface area contributed by atoms with E-state index in [1.807, 2.05) is 20.0 Å². The van der Waals surface area contributed by atoms with Crippen LogP contribution in [0, 0.1) is 13.8 Å². The summed E-state index contributed by atoms with van der Waals surface area (Å²) in [4.78, 5) is 0. The lowest BCUT2D eigenvalue weighted by Gasteiger charge is -2.06. The molecule has 2 nitrogen and oxygen atoms in total. The van der Waals surface area contributed by atoms with Gasteiger partial charge in [-0.1, -0.05) is 11.6 Å². The van der Waals surface area contributed by atoms with E-state index < -0.39 is 0 Å². The Morgan fingerprint density at radius 3 is 2.62 bits per heavy atom. The van der Waals surface area contributed by atoms with Gasteiger partial charge < -0.3 is 9.73 Å². The molecule has 0 bridgehead atoms. The van der Waals surface area contributed by atoms with Crippen molar-refractivity contribution < 1.29 is 4.42 Å². The van der Waals surface area contributed by atoms with Gasteiger partial charge in [0, 0.05) is 10.9 Å². The Hall–Kier alpha value is -0.990. The summed E-state index contributed by atoms with van der Waals surface area (Å²) in [6.45, 7) is 6.19. The van der Waals surface area contributed by atoms with Crippen LogP contribution in [-0.2, 0) is 0 Å². The SMILES string of the molecule is CNC(C)c1oc2c(Cl)cc(C)cc2c1C. The summed E-state index contributed by atoms with van der Waals surface area (Å²) in [6, 6.07) is 4.25. The number of aryl methyl sites for hydroxylation is 2. The predicted octanol–water partition coefficient (Wildman–Crippen LogP) is 3.98. The van der Waals surface area contributed by atoms with E-state index in [0.29, 0.717) is 5.02 Å². The van der Waals surface area contributed by atoms with Crippen molar-refractivity contribution >= 4 is 22.6 Å². The van der Waals surface area contributed by atoms with Gasteiger partial charge in [-0.25, -0.2) is 0 Å². The zero-order chi connectivity index (χ0) is 11.9. The largest absolute Gasteiger partial charge is 0.458 e. The molecule has 16 heavy (non-hydrogen) atoms. The Morgan fingerprint density at radius 2 is 2.00 bits per heavy atom. The molecular weight excluding hydrogens is 222 g/mol. The summed E-state index contributed by atoms with van der Waals surface area (Å²) >= 11 is 6.18. The van der Waals surface area contributed by atoms with Crippen molar-refractivity contribution in [3.8, 4) is 0 Å². The zero-order valence-corrected chi connectivity index (χ0v) is 10.8. The molecule has 86 valence electrons. The monoisotopic (exact) mass is 237 g/mol. The van der Waals surface area contributed by atoms with Gasteiger partial charge >= 0.3 is 0 Å². The van der Waals surface area contributed by atoms with Gasteiger partial charge in [-0.2, -0.15) is 0 Å². The van der Waals surface area contributed by atoms with E-state index in [0.717, 1.165) is 22.3 Å². The minimum Gasteiger partial charge on any atom is -0.458 e. The number of fused-ring (bicyclic) bond motifs is 1. The molecule has 0 aliphatic carbocycles. The van der Waals surface area contributed by atoms with Crippen LogP contribution in [-0.4, -0.2) is 7.05 Å². The normalized spacial score (nSPS) is 13.3. The first-order valence-electron chi connectivity index (χ1n) is 5.41. The van der Waals surface area contributed by atoms with Gasteiger partial charge in [0.15, 0.2) is 5.58 Å². The van der Waals surface area contributed by atoms with E-state index in [-0.39, 0.29) is 6.04 Å². The number of furan rings is 1. The van der Waals surface area contributed by atoms with Gasteiger partial charge in [0.2, 0.25) is 0 Å². The number of nitrogens with one attached hydrogen (secondary N) is 1. The predicted molar refractivity (Wildman–Crippen MR) is 68.2 cm³/mol. The third-order valence-electron chi connectivity index (χ3n) is 3.00. The first kappa shape index (κ1) is 11.5. The van der Waals surface area contributed by atoms with E-state index in [4.69, 9.17) is 16.0 Å². The number of halogens is 1. The number of hydrogen-bond acceptors (Lipinski definition) is 2. The molecule has 1 aromatic carbocycles. The quantitative estimate of drug-likeness (QED) is 0.855. The van der Waals surface area contributed by atoms with Gasteiger partial charge in [0.1, 0.15) is 5.76 Å². The van der Waals surface area contributed by atoms with Gasteiger partial charge in [0.25, 0.3) is 0 Å². The average molecular weight is 238 g/mol. The van der Waals surface area contributed by atoms with Crippen LogP contribution >= 0.6 is 11.6 Å². The van der Waals surface area contributed by atoms with Crippen LogP contribution in [0.3, 0.4) is 0 Å². The molecule has 1 atom stereocenters. The fourth-order valence-electron chi connectivity index (χ4n) is 1.97. The van der Waals surface area contributed by atoms with Crippen molar-refractivity contribution in [3.05, 3.63) is 34.0 Å². The highest BCUT2D eigenvalue weighted by Crippen LogP contribution is 2.34. The Balaban J connectivity index is 2.72. The third-order valence-corrected chi connectivity index (χ3v) is 3.28. The molecule has 0 amide bonds. The topological polar surface area (TPSA) is 25.2 Å². The Kier molecular flexibility index (Phi) is 2.96. The Labute approximate surface area is 101 Å². The maximum absolute atomic E-state index is 6.18. The summed E-state index contributed by atoms with van der Waals surface area (Å²) in [5, 5.41) is 4.98.